The highest BCUT2D eigenvalue weighted by molar-refractivity contribution is 5.58. The van der Waals surface area contributed by atoms with E-state index in [1.165, 1.54) is 154 Å². The van der Waals surface area contributed by atoms with Gasteiger partial charge < -0.3 is 9.47 Å². The van der Waals surface area contributed by atoms with E-state index in [4.69, 9.17) is 9.47 Å². The molecule has 2 nitrogen and oxygen atoms in total. The fraction of sp³-hybridized carbons (Fsp3) is 0.762. The molecule has 0 fully saturated rings. The first-order valence-electron chi connectivity index (χ1n) is 18.9. The second-order valence-corrected chi connectivity index (χ2v) is 13.0. The molecule has 0 amide bonds. The van der Waals surface area contributed by atoms with Crippen molar-refractivity contribution in [3.05, 3.63) is 23.3 Å². The van der Waals surface area contributed by atoms with Crippen molar-refractivity contribution in [2.24, 2.45) is 11.8 Å². The van der Waals surface area contributed by atoms with E-state index in [1.54, 1.807) is 14.2 Å². The van der Waals surface area contributed by atoms with Gasteiger partial charge in [-0.3, -0.25) is 0 Å². The zero-order valence-electron chi connectivity index (χ0n) is 30.1. The van der Waals surface area contributed by atoms with Crippen LogP contribution in [0.2, 0.25) is 0 Å². The van der Waals surface area contributed by atoms with E-state index >= 15 is 0 Å². The Labute approximate surface area is 275 Å². The van der Waals surface area contributed by atoms with Crippen molar-refractivity contribution < 1.29 is 9.47 Å². The average Bonchev–Trinajstić information content (AvgIpc) is 3.04. The zero-order chi connectivity index (χ0) is 32.1. The summed E-state index contributed by atoms with van der Waals surface area (Å²) < 4.78 is 11.7. The quantitative estimate of drug-likeness (QED) is 0.0771. The summed E-state index contributed by atoms with van der Waals surface area (Å²) in [5.41, 5.74) is 1.83. The Morgan fingerprint density at radius 1 is 0.432 bits per heavy atom. The van der Waals surface area contributed by atoms with Crippen molar-refractivity contribution >= 4 is 0 Å². The molecule has 1 aromatic rings. The Morgan fingerprint density at radius 2 is 0.705 bits per heavy atom. The highest BCUT2D eigenvalue weighted by Crippen LogP contribution is 2.29. The lowest BCUT2D eigenvalue weighted by Gasteiger charge is -2.12. The lowest BCUT2D eigenvalue weighted by Crippen LogP contribution is -2.00. The van der Waals surface area contributed by atoms with Gasteiger partial charge in [-0.1, -0.05) is 180 Å². The third-order valence-electron chi connectivity index (χ3n) is 8.97. The highest BCUT2D eigenvalue weighted by Gasteiger charge is 2.12. The lowest BCUT2D eigenvalue weighted by atomic mass is 9.94. The molecular formula is C42H70O2. The largest absolute Gasteiger partial charge is 0.495 e. The van der Waals surface area contributed by atoms with Gasteiger partial charge >= 0.3 is 0 Å². The molecule has 0 aliphatic rings. The van der Waals surface area contributed by atoms with Crippen LogP contribution < -0.4 is 9.47 Å². The van der Waals surface area contributed by atoms with Crippen LogP contribution in [0.3, 0.4) is 0 Å². The van der Waals surface area contributed by atoms with Crippen LogP contribution in [0.1, 0.15) is 193 Å². The van der Waals surface area contributed by atoms with Crippen LogP contribution in [0.5, 0.6) is 11.5 Å². The first-order chi connectivity index (χ1) is 21.6. The van der Waals surface area contributed by atoms with Gasteiger partial charge in [-0.15, -0.1) is 0 Å². The minimum atomic E-state index is 0.448. The SMILES string of the molecule is CCCCCCCCC(C#Cc1cc(OC)c(C#CC(CCCCCC)CCCCCCCC)cc1OC)CCCCCC. The second-order valence-electron chi connectivity index (χ2n) is 13.0. The lowest BCUT2D eigenvalue weighted by molar-refractivity contribution is 0.401. The summed E-state index contributed by atoms with van der Waals surface area (Å²) in [5, 5.41) is 0. The molecule has 2 unspecified atom stereocenters. The molecule has 0 radical (unpaired) electrons. The Hall–Kier alpha value is -2.06. The molecule has 250 valence electrons. The number of rotatable bonds is 26. The van der Waals surface area contributed by atoms with Crippen molar-refractivity contribution in [1.82, 2.24) is 0 Å². The number of methoxy groups -OCH3 is 2. The van der Waals surface area contributed by atoms with Gasteiger partial charge in [0.05, 0.1) is 25.3 Å². The van der Waals surface area contributed by atoms with Crippen molar-refractivity contribution in [2.75, 3.05) is 14.2 Å². The second kappa shape index (κ2) is 28.4. The van der Waals surface area contributed by atoms with Crippen LogP contribution in [0, 0.1) is 35.5 Å². The van der Waals surface area contributed by atoms with Crippen molar-refractivity contribution in [3.63, 3.8) is 0 Å². The van der Waals surface area contributed by atoms with E-state index in [2.05, 4.69) is 63.5 Å². The molecule has 0 aromatic heterocycles. The summed E-state index contributed by atoms with van der Waals surface area (Å²) >= 11 is 0. The maximum Gasteiger partial charge on any atom is 0.135 e. The van der Waals surface area contributed by atoms with Gasteiger partial charge in [-0.25, -0.2) is 0 Å². The maximum absolute atomic E-state index is 5.85. The highest BCUT2D eigenvalue weighted by atomic mass is 16.5. The van der Waals surface area contributed by atoms with Crippen LogP contribution in [0.15, 0.2) is 12.1 Å². The molecule has 0 aliphatic heterocycles. The molecule has 0 saturated heterocycles. The monoisotopic (exact) mass is 607 g/mol. The third kappa shape index (κ3) is 19.4. The van der Waals surface area contributed by atoms with Gasteiger partial charge in [0.15, 0.2) is 0 Å². The van der Waals surface area contributed by atoms with E-state index in [9.17, 15) is 0 Å². The topological polar surface area (TPSA) is 18.5 Å². The molecule has 0 bridgehead atoms. The van der Waals surface area contributed by atoms with Crippen molar-refractivity contribution in [3.8, 4) is 35.2 Å². The first-order valence-corrected chi connectivity index (χ1v) is 18.9. The standard InChI is InChI=1S/C42H70O2/c1-7-11-15-19-21-25-29-37(27-23-17-13-9-3)31-33-39-35-42(44-6)40(36-41(39)43-5)34-32-38(28-24-18-14-10-4)30-26-22-20-16-12-8-2/h35-38H,7-30H2,1-6H3. The molecule has 1 rings (SSSR count). The number of hydrogen-bond acceptors (Lipinski definition) is 2. The van der Waals surface area contributed by atoms with E-state index in [-0.39, 0.29) is 0 Å². The summed E-state index contributed by atoms with van der Waals surface area (Å²) in [6, 6.07) is 4.11. The van der Waals surface area contributed by atoms with Gasteiger partial charge in [0, 0.05) is 24.0 Å². The Balaban J connectivity index is 3.06. The van der Waals surface area contributed by atoms with Gasteiger partial charge in [0.2, 0.25) is 0 Å². The molecule has 1 aromatic carbocycles. The van der Waals surface area contributed by atoms with Crippen LogP contribution in [-0.2, 0) is 0 Å². The van der Waals surface area contributed by atoms with Crippen LogP contribution in [0.4, 0.5) is 0 Å². The molecule has 0 N–H and O–H groups in total. The summed E-state index contributed by atoms with van der Waals surface area (Å²) in [7, 11) is 3.50. The molecule has 0 saturated carbocycles. The summed E-state index contributed by atoms with van der Waals surface area (Å²) in [6.07, 6.45) is 31.2. The average molecular weight is 607 g/mol. The van der Waals surface area contributed by atoms with Crippen LogP contribution >= 0.6 is 0 Å². The smallest absolute Gasteiger partial charge is 0.135 e. The molecule has 0 aliphatic carbocycles. The summed E-state index contributed by atoms with van der Waals surface area (Å²) in [6.45, 7) is 9.14. The van der Waals surface area contributed by atoms with E-state index < -0.39 is 0 Å². The van der Waals surface area contributed by atoms with Gasteiger partial charge in [0.25, 0.3) is 0 Å². The Morgan fingerprint density at radius 3 is 1.00 bits per heavy atom. The van der Waals surface area contributed by atoms with E-state index in [0.717, 1.165) is 22.6 Å². The molecular weight excluding hydrogens is 536 g/mol. The molecule has 0 heterocycles. The van der Waals surface area contributed by atoms with Gasteiger partial charge in [-0.05, 0) is 25.7 Å². The number of benzene rings is 1. The van der Waals surface area contributed by atoms with E-state index in [1.807, 2.05) is 0 Å². The van der Waals surface area contributed by atoms with Crippen LogP contribution in [-0.4, -0.2) is 14.2 Å². The Kier molecular flexibility index (Phi) is 25.8. The minimum Gasteiger partial charge on any atom is -0.495 e. The zero-order valence-corrected chi connectivity index (χ0v) is 30.1. The fourth-order valence-electron chi connectivity index (χ4n) is 6.01. The number of unbranched alkanes of at least 4 members (excludes halogenated alkanes) is 16. The summed E-state index contributed by atoms with van der Waals surface area (Å²) in [4.78, 5) is 0. The molecule has 0 spiro atoms. The molecule has 44 heavy (non-hydrogen) atoms. The Bertz CT molecular complexity index is 862. The molecule has 2 atom stereocenters. The first kappa shape index (κ1) is 40.0. The predicted molar refractivity (Wildman–Crippen MR) is 194 cm³/mol. The maximum atomic E-state index is 5.85. The third-order valence-corrected chi connectivity index (χ3v) is 8.97. The summed E-state index contributed by atoms with van der Waals surface area (Å²) in [5.74, 6) is 16.9. The predicted octanol–water partition coefficient (Wildman–Crippen LogP) is 13.1. The molecule has 2 heteroatoms. The van der Waals surface area contributed by atoms with Gasteiger partial charge in [0.1, 0.15) is 11.5 Å². The van der Waals surface area contributed by atoms with Crippen LogP contribution in [0.25, 0.3) is 0 Å². The normalized spacial score (nSPS) is 12.1. The van der Waals surface area contributed by atoms with Crippen molar-refractivity contribution in [2.45, 2.75) is 182 Å². The minimum absolute atomic E-state index is 0.448. The number of hydrogen-bond donors (Lipinski definition) is 0. The van der Waals surface area contributed by atoms with Crippen molar-refractivity contribution in [1.29, 1.82) is 0 Å². The fourth-order valence-corrected chi connectivity index (χ4v) is 6.01. The number of ether oxygens (including phenoxy) is 2. The van der Waals surface area contributed by atoms with Gasteiger partial charge in [-0.2, -0.15) is 0 Å². The van der Waals surface area contributed by atoms with E-state index in [0.29, 0.717) is 11.8 Å².